The summed E-state index contributed by atoms with van der Waals surface area (Å²) in [7, 11) is 1.69. The van der Waals surface area contributed by atoms with Gasteiger partial charge in [-0.25, -0.2) is 0 Å². The molecule has 0 saturated heterocycles. The molecule has 30 heavy (non-hydrogen) atoms. The normalized spacial score (nSPS) is 12.3. The quantitative estimate of drug-likeness (QED) is 0.333. The van der Waals surface area contributed by atoms with Crippen LogP contribution < -0.4 is 0 Å². The number of aromatic nitrogens is 4. The van der Waals surface area contributed by atoms with E-state index in [4.69, 9.17) is 16.3 Å². The van der Waals surface area contributed by atoms with Crippen molar-refractivity contribution in [1.29, 1.82) is 0 Å². The molecule has 1 aromatic carbocycles. The van der Waals surface area contributed by atoms with Crippen molar-refractivity contribution in [2.24, 2.45) is 0 Å². The summed E-state index contributed by atoms with van der Waals surface area (Å²) in [6.07, 6.45) is 0. The maximum absolute atomic E-state index is 13.0. The number of nitrogens with zero attached hydrogens (tertiary/aromatic N) is 4. The topological polar surface area (TPSA) is 61.9 Å². The molecule has 0 spiro atoms. The van der Waals surface area contributed by atoms with Crippen molar-refractivity contribution < 1.29 is 9.53 Å². The molecule has 2 heterocycles. The minimum Gasteiger partial charge on any atom is -0.383 e. The Morgan fingerprint density at radius 2 is 1.93 bits per heavy atom. The van der Waals surface area contributed by atoms with Gasteiger partial charge < -0.3 is 13.9 Å². The maximum atomic E-state index is 13.0. The van der Waals surface area contributed by atoms with E-state index in [0.717, 1.165) is 33.5 Å². The molecule has 0 N–H and O–H groups in total. The molecule has 0 bridgehead atoms. The smallest absolute Gasteiger partial charge is 0.191 e. The molecule has 3 rings (SSSR count). The van der Waals surface area contributed by atoms with Crippen molar-refractivity contribution in [2.45, 2.75) is 45.4 Å². The zero-order valence-corrected chi connectivity index (χ0v) is 19.5. The first kappa shape index (κ1) is 22.6. The fourth-order valence-corrected chi connectivity index (χ4v) is 4.77. The number of methoxy groups -OCH3 is 1. The van der Waals surface area contributed by atoms with Crippen molar-refractivity contribution in [3.05, 3.63) is 52.3 Å². The molecule has 0 aliphatic heterocycles. The zero-order chi connectivity index (χ0) is 21.8. The first-order valence-electron chi connectivity index (χ1n) is 9.89. The summed E-state index contributed by atoms with van der Waals surface area (Å²) in [5.74, 6) is 1.17. The van der Waals surface area contributed by atoms with Crippen molar-refractivity contribution in [1.82, 2.24) is 19.3 Å². The molecule has 0 aliphatic carbocycles. The lowest BCUT2D eigenvalue weighted by molar-refractivity contribution is 0.102. The molecule has 6 nitrogen and oxygen atoms in total. The average molecular weight is 447 g/mol. The Balaban J connectivity index is 1.77. The van der Waals surface area contributed by atoms with Crippen LogP contribution in [0.5, 0.6) is 0 Å². The summed E-state index contributed by atoms with van der Waals surface area (Å²) >= 11 is 7.41. The number of hydrogen-bond acceptors (Lipinski definition) is 5. The Kier molecular flexibility index (Phi) is 7.39. The van der Waals surface area contributed by atoms with Crippen LogP contribution in [-0.2, 0) is 11.3 Å². The van der Waals surface area contributed by atoms with Gasteiger partial charge in [0.15, 0.2) is 16.8 Å². The summed E-state index contributed by atoms with van der Waals surface area (Å²) in [4.78, 5) is 13.0. The zero-order valence-electron chi connectivity index (χ0n) is 18.0. The van der Waals surface area contributed by atoms with Crippen LogP contribution in [0, 0.1) is 13.8 Å². The van der Waals surface area contributed by atoms with E-state index in [1.807, 2.05) is 55.7 Å². The van der Waals surface area contributed by atoms with Crippen molar-refractivity contribution in [3.8, 4) is 11.4 Å². The van der Waals surface area contributed by atoms with Crippen LogP contribution in [0.4, 0.5) is 0 Å². The van der Waals surface area contributed by atoms with Gasteiger partial charge in [-0.15, -0.1) is 10.2 Å². The predicted octanol–water partition coefficient (Wildman–Crippen LogP) is 5.22. The van der Waals surface area contributed by atoms with E-state index in [1.165, 1.54) is 11.8 Å². The lowest BCUT2D eigenvalue weighted by atomic mass is 10.2. The van der Waals surface area contributed by atoms with Gasteiger partial charge in [0.2, 0.25) is 0 Å². The molecule has 0 fully saturated rings. The number of carbonyl (C=O) groups excluding carboxylic acids is 1. The van der Waals surface area contributed by atoms with E-state index < -0.39 is 0 Å². The third-order valence-electron chi connectivity index (χ3n) is 5.10. The molecule has 2 aromatic heterocycles. The van der Waals surface area contributed by atoms with Gasteiger partial charge in [0.25, 0.3) is 0 Å². The van der Waals surface area contributed by atoms with Crippen molar-refractivity contribution in [3.63, 3.8) is 0 Å². The van der Waals surface area contributed by atoms with Gasteiger partial charge in [-0.2, -0.15) is 0 Å². The van der Waals surface area contributed by atoms with Crippen LogP contribution in [0.1, 0.15) is 41.6 Å². The summed E-state index contributed by atoms with van der Waals surface area (Å²) < 4.78 is 9.46. The Morgan fingerprint density at radius 1 is 1.23 bits per heavy atom. The standard InChI is InChI=1S/C22H27ClN4O2S/c1-6-26-21(17-7-9-18(23)10-8-17)24-25-22(26)30-13-20(28)19-11-14(2)27(16(19)4)15(3)12-29-5/h7-11,15H,6,12-13H2,1-5H3. The Bertz CT molecular complexity index is 1030. The second kappa shape index (κ2) is 9.81. The number of Topliss-reactive ketones (excluding diaryl/α,β-unsaturated/α-hetero) is 1. The molecular weight excluding hydrogens is 420 g/mol. The van der Waals surface area contributed by atoms with E-state index in [9.17, 15) is 4.79 Å². The Hall–Kier alpha value is -2.09. The first-order chi connectivity index (χ1) is 14.4. The highest BCUT2D eigenvalue weighted by Gasteiger charge is 2.20. The largest absolute Gasteiger partial charge is 0.383 e. The summed E-state index contributed by atoms with van der Waals surface area (Å²) in [5, 5.41) is 10.1. The number of ether oxygens (including phenoxy) is 1. The molecule has 0 radical (unpaired) electrons. The number of ketones is 1. The monoisotopic (exact) mass is 446 g/mol. The maximum Gasteiger partial charge on any atom is 0.191 e. The minimum absolute atomic E-state index is 0.0858. The van der Waals surface area contributed by atoms with Gasteiger partial charge in [0.1, 0.15) is 0 Å². The molecule has 0 aliphatic rings. The molecule has 0 amide bonds. The van der Waals surface area contributed by atoms with Gasteiger partial charge in [0, 0.05) is 41.2 Å². The molecule has 8 heteroatoms. The number of carbonyl (C=O) groups is 1. The third kappa shape index (κ3) is 4.63. The van der Waals surface area contributed by atoms with E-state index in [-0.39, 0.29) is 11.8 Å². The van der Waals surface area contributed by atoms with E-state index in [0.29, 0.717) is 23.9 Å². The third-order valence-corrected chi connectivity index (χ3v) is 6.32. The highest BCUT2D eigenvalue weighted by molar-refractivity contribution is 7.99. The van der Waals surface area contributed by atoms with Crippen molar-refractivity contribution in [2.75, 3.05) is 19.5 Å². The average Bonchev–Trinajstić information content (AvgIpc) is 3.26. The van der Waals surface area contributed by atoms with Gasteiger partial charge in [-0.05, 0) is 58.0 Å². The Morgan fingerprint density at radius 3 is 2.57 bits per heavy atom. The fraction of sp³-hybridized carbons (Fsp3) is 0.409. The molecular formula is C22H27ClN4O2S. The van der Waals surface area contributed by atoms with E-state index in [1.54, 1.807) is 7.11 Å². The van der Waals surface area contributed by atoms with Crippen LogP contribution in [0.2, 0.25) is 5.02 Å². The number of halogens is 1. The molecule has 3 aromatic rings. The molecule has 0 saturated carbocycles. The molecule has 1 atom stereocenters. The second-order valence-corrected chi connectivity index (χ2v) is 8.61. The number of thioether (sulfide) groups is 1. The van der Waals surface area contributed by atoms with Crippen LogP contribution in [0.3, 0.4) is 0 Å². The molecule has 160 valence electrons. The summed E-state index contributed by atoms with van der Waals surface area (Å²) in [6, 6.07) is 9.66. The fourth-order valence-electron chi connectivity index (χ4n) is 3.75. The minimum atomic E-state index is 0.0858. The SMILES string of the molecule is CCn1c(SCC(=O)c2cc(C)n(C(C)COC)c2C)nnc1-c1ccc(Cl)cc1. The summed E-state index contributed by atoms with van der Waals surface area (Å²) in [5.41, 5.74) is 3.74. The van der Waals surface area contributed by atoms with Gasteiger partial charge >= 0.3 is 0 Å². The predicted molar refractivity (Wildman–Crippen MR) is 122 cm³/mol. The van der Waals surface area contributed by atoms with Crippen LogP contribution >= 0.6 is 23.4 Å². The van der Waals surface area contributed by atoms with Gasteiger partial charge in [-0.3, -0.25) is 4.79 Å². The number of aryl methyl sites for hydroxylation is 1. The molecule has 1 unspecified atom stereocenters. The first-order valence-corrected chi connectivity index (χ1v) is 11.3. The lowest BCUT2D eigenvalue weighted by Gasteiger charge is -2.17. The number of hydrogen-bond donors (Lipinski definition) is 0. The van der Waals surface area contributed by atoms with Crippen LogP contribution in [-0.4, -0.2) is 44.6 Å². The highest BCUT2D eigenvalue weighted by Crippen LogP contribution is 2.27. The van der Waals surface area contributed by atoms with Crippen LogP contribution in [0.25, 0.3) is 11.4 Å². The van der Waals surface area contributed by atoms with Crippen LogP contribution in [0.15, 0.2) is 35.5 Å². The van der Waals surface area contributed by atoms with E-state index >= 15 is 0 Å². The lowest BCUT2D eigenvalue weighted by Crippen LogP contribution is -2.14. The van der Waals surface area contributed by atoms with Gasteiger partial charge in [0.05, 0.1) is 18.4 Å². The Labute approximate surface area is 186 Å². The number of rotatable bonds is 9. The summed E-state index contributed by atoms with van der Waals surface area (Å²) in [6.45, 7) is 9.46. The number of benzene rings is 1. The van der Waals surface area contributed by atoms with Crippen molar-refractivity contribution >= 4 is 29.1 Å². The van der Waals surface area contributed by atoms with E-state index in [2.05, 4.69) is 21.7 Å². The highest BCUT2D eigenvalue weighted by atomic mass is 35.5. The van der Waals surface area contributed by atoms with Gasteiger partial charge in [-0.1, -0.05) is 23.4 Å². The second-order valence-electron chi connectivity index (χ2n) is 7.23.